The number of carbonyl (C=O) groups is 1. The highest BCUT2D eigenvalue weighted by atomic mass is 19.4. The third kappa shape index (κ3) is 3.33. The van der Waals surface area contributed by atoms with Crippen LogP contribution in [0.4, 0.5) is 13.2 Å². The summed E-state index contributed by atoms with van der Waals surface area (Å²) in [6.07, 6.45) is -3.23. The number of nitrogens with zero attached hydrogens (tertiary/aromatic N) is 2. The molecule has 1 aromatic carbocycles. The SMILES string of the molecule is CCn1cc(C(=O)O)nc1Oc1cccc(C(F)(F)F)c1. The van der Waals surface area contributed by atoms with E-state index in [0.717, 1.165) is 12.1 Å². The first kappa shape index (κ1) is 14.9. The summed E-state index contributed by atoms with van der Waals surface area (Å²) in [5.74, 6) is -1.31. The second-order valence-corrected chi connectivity index (χ2v) is 4.13. The van der Waals surface area contributed by atoms with Gasteiger partial charge in [0, 0.05) is 12.7 Å². The highest BCUT2D eigenvalue weighted by molar-refractivity contribution is 5.85. The van der Waals surface area contributed by atoms with Gasteiger partial charge in [-0.2, -0.15) is 18.2 Å². The Kier molecular flexibility index (Phi) is 3.88. The Labute approximate surface area is 117 Å². The number of carboxylic acids is 1. The van der Waals surface area contributed by atoms with E-state index >= 15 is 0 Å². The number of ether oxygens (including phenoxy) is 1. The fraction of sp³-hybridized carbons (Fsp3) is 0.231. The van der Waals surface area contributed by atoms with Crippen molar-refractivity contribution in [3.05, 3.63) is 41.7 Å². The number of aryl methyl sites for hydroxylation is 1. The molecule has 0 aliphatic heterocycles. The summed E-state index contributed by atoms with van der Waals surface area (Å²) in [6.45, 7) is 2.10. The quantitative estimate of drug-likeness (QED) is 0.939. The number of hydrogen-bond acceptors (Lipinski definition) is 3. The Hall–Kier alpha value is -2.51. The van der Waals surface area contributed by atoms with Gasteiger partial charge in [0.25, 0.3) is 0 Å². The van der Waals surface area contributed by atoms with Crippen molar-refractivity contribution in [3.63, 3.8) is 0 Å². The normalized spacial score (nSPS) is 11.4. The number of alkyl halides is 3. The van der Waals surface area contributed by atoms with Crippen LogP contribution in [0.25, 0.3) is 0 Å². The summed E-state index contributed by atoms with van der Waals surface area (Å²) < 4.78 is 44.5. The number of carboxylic acid groups (broad SMARTS) is 1. The lowest BCUT2D eigenvalue weighted by Crippen LogP contribution is -2.05. The van der Waals surface area contributed by atoms with Crippen molar-refractivity contribution >= 4 is 5.97 Å². The maximum absolute atomic E-state index is 12.6. The first-order chi connectivity index (χ1) is 9.81. The van der Waals surface area contributed by atoms with E-state index in [-0.39, 0.29) is 17.5 Å². The van der Waals surface area contributed by atoms with Gasteiger partial charge in [0.05, 0.1) is 5.56 Å². The molecule has 112 valence electrons. The Morgan fingerprint density at radius 2 is 2.14 bits per heavy atom. The van der Waals surface area contributed by atoms with Crippen LogP contribution in [0.2, 0.25) is 0 Å². The predicted octanol–water partition coefficient (Wildman–Crippen LogP) is 3.41. The Balaban J connectivity index is 2.32. The van der Waals surface area contributed by atoms with Crippen LogP contribution in [0.15, 0.2) is 30.5 Å². The lowest BCUT2D eigenvalue weighted by molar-refractivity contribution is -0.137. The van der Waals surface area contributed by atoms with Crippen molar-refractivity contribution in [1.29, 1.82) is 0 Å². The van der Waals surface area contributed by atoms with Crippen molar-refractivity contribution in [1.82, 2.24) is 9.55 Å². The predicted molar refractivity (Wildman–Crippen MR) is 66.4 cm³/mol. The molecule has 0 radical (unpaired) electrons. The average Bonchev–Trinajstić information content (AvgIpc) is 2.81. The van der Waals surface area contributed by atoms with Gasteiger partial charge in [-0.1, -0.05) is 6.07 Å². The van der Waals surface area contributed by atoms with Crippen LogP contribution < -0.4 is 4.74 Å². The molecular weight excluding hydrogens is 289 g/mol. The second-order valence-electron chi connectivity index (χ2n) is 4.13. The highest BCUT2D eigenvalue weighted by Crippen LogP contribution is 2.32. The van der Waals surface area contributed by atoms with Crippen LogP contribution in [0.3, 0.4) is 0 Å². The molecule has 0 aliphatic carbocycles. The second kappa shape index (κ2) is 5.47. The molecule has 0 spiro atoms. The van der Waals surface area contributed by atoms with Crippen LogP contribution in [0.1, 0.15) is 23.0 Å². The number of aromatic nitrogens is 2. The molecule has 1 N–H and O–H groups in total. The molecule has 0 aliphatic rings. The molecular formula is C13H11F3N2O3. The lowest BCUT2D eigenvalue weighted by Gasteiger charge is -2.10. The van der Waals surface area contributed by atoms with Gasteiger partial charge in [-0.3, -0.25) is 0 Å². The summed E-state index contributed by atoms with van der Waals surface area (Å²) in [5.41, 5.74) is -1.09. The molecule has 1 aromatic heterocycles. The van der Waals surface area contributed by atoms with Crippen molar-refractivity contribution in [3.8, 4) is 11.8 Å². The van der Waals surface area contributed by atoms with Crippen molar-refractivity contribution in [2.24, 2.45) is 0 Å². The van der Waals surface area contributed by atoms with Crippen molar-refractivity contribution < 1.29 is 27.8 Å². The summed E-state index contributed by atoms with van der Waals surface area (Å²) in [4.78, 5) is 14.6. The number of aromatic carboxylic acids is 1. The summed E-state index contributed by atoms with van der Waals surface area (Å²) in [6, 6.07) is 4.21. The Bertz CT molecular complexity index is 665. The molecule has 8 heteroatoms. The van der Waals surface area contributed by atoms with E-state index in [0.29, 0.717) is 6.54 Å². The molecule has 0 atom stereocenters. The van der Waals surface area contributed by atoms with Gasteiger partial charge in [0.1, 0.15) is 5.75 Å². The van der Waals surface area contributed by atoms with E-state index in [4.69, 9.17) is 9.84 Å². The molecule has 2 rings (SSSR count). The van der Waals surface area contributed by atoms with Crippen LogP contribution in [0, 0.1) is 0 Å². The number of hydrogen-bond donors (Lipinski definition) is 1. The van der Waals surface area contributed by atoms with E-state index < -0.39 is 17.7 Å². The van der Waals surface area contributed by atoms with Crippen molar-refractivity contribution in [2.45, 2.75) is 19.6 Å². The Morgan fingerprint density at radius 3 is 2.71 bits per heavy atom. The standard InChI is InChI=1S/C13H11F3N2O3/c1-2-18-7-10(11(19)20)17-12(18)21-9-5-3-4-8(6-9)13(14,15)16/h3-7H,2H2,1H3,(H,19,20). The zero-order chi connectivity index (χ0) is 15.6. The lowest BCUT2D eigenvalue weighted by atomic mass is 10.2. The minimum Gasteiger partial charge on any atom is -0.476 e. The molecule has 0 amide bonds. The molecule has 0 fully saturated rings. The van der Waals surface area contributed by atoms with Crippen LogP contribution >= 0.6 is 0 Å². The fourth-order valence-corrected chi connectivity index (χ4v) is 1.65. The van der Waals surface area contributed by atoms with Gasteiger partial charge >= 0.3 is 18.2 Å². The van der Waals surface area contributed by atoms with Gasteiger partial charge < -0.3 is 14.4 Å². The van der Waals surface area contributed by atoms with Gasteiger partial charge in [-0.25, -0.2) is 4.79 Å². The molecule has 0 unspecified atom stereocenters. The number of rotatable bonds is 4. The molecule has 0 saturated heterocycles. The van der Waals surface area contributed by atoms with E-state index in [9.17, 15) is 18.0 Å². The van der Waals surface area contributed by atoms with Gasteiger partial charge in [0.2, 0.25) is 0 Å². The third-order valence-corrected chi connectivity index (χ3v) is 2.67. The van der Waals surface area contributed by atoms with Crippen LogP contribution in [0.5, 0.6) is 11.8 Å². The van der Waals surface area contributed by atoms with E-state index in [1.165, 1.54) is 22.9 Å². The first-order valence-electron chi connectivity index (χ1n) is 5.97. The van der Waals surface area contributed by atoms with E-state index in [2.05, 4.69) is 4.98 Å². The largest absolute Gasteiger partial charge is 0.476 e. The minimum absolute atomic E-state index is 0.0675. The summed E-state index contributed by atoms with van der Waals surface area (Å²) in [7, 11) is 0. The van der Waals surface area contributed by atoms with Gasteiger partial charge in [-0.05, 0) is 25.1 Å². The zero-order valence-corrected chi connectivity index (χ0v) is 10.9. The average molecular weight is 300 g/mol. The smallest absolute Gasteiger partial charge is 0.416 e. The molecule has 0 bridgehead atoms. The first-order valence-corrected chi connectivity index (χ1v) is 5.97. The van der Waals surface area contributed by atoms with Crippen LogP contribution in [-0.4, -0.2) is 20.6 Å². The number of benzene rings is 1. The summed E-state index contributed by atoms with van der Waals surface area (Å²) >= 11 is 0. The van der Waals surface area contributed by atoms with Crippen LogP contribution in [-0.2, 0) is 12.7 Å². The maximum atomic E-state index is 12.6. The zero-order valence-electron chi connectivity index (χ0n) is 10.9. The molecule has 1 heterocycles. The van der Waals surface area contributed by atoms with Gasteiger partial charge in [0.15, 0.2) is 5.69 Å². The summed E-state index contributed by atoms with van der Waals surface area (Å²) in [5, 5.41) is 8.85. The molecule has 21 heavy (non-hydrogen) atoms. The highest BCUT2D eigenvalue weighted by Gasteiger charge is 2.30. The topological polar surface area (TPSA) is 64.4 Å². The maximum Gasteiger partial charge on any atom is 0.416 e. The Morgan fingerprint density at radius 1 is 1.43 bits per heavy atom. The number of halogens is 3. The van der Waals surface area contributed by atoms with E-state index in [1.807, 2.05) is 0 Å². The molecule has 2 aromatic rings. The molecule has 0 saturated carbocycles. The monoisotopic (exact) mass is 300 g/mol. The van der Waals surface area contributed by atoms with E-state index in [1.54, 1.807) is 6.92 Å². The van der Waals surface area contributed by atoms with Gasteiger partial charge in [-0.15, -0.1) is 0 Å². The van der Waals surface area contributed by atoms with Crippen molar-refractivity contribution in [2.75, 3.05) is 0 Å². The third-order valence-electron chi connectivity index (χ3n) is 2.67. The fourth-order valence-electron chi connectivity index (χ4n) is 1.65. The molecule has 5 nitrogen and oxygen atoms in total. The minimum atomic E-state index is -4.48. The number of imidazole rings is 1.